The van der Waals surface area contributed by atoms with Gasteiger partial charge in [0.05, 0.1) is 10.6 Å². The van der Waals surface area contributed by atoms with Crippen molar-refractivity contribution in [3.63, 3.8) is 0 Å². The summed E-state index contributed by atoms with van der Waals surface area (Å²) in [7, 11) is 4.06. The summed E-state index contributed by atoms with van der Waals surface area (Å²) in [6, 6.07) is 6.44. The smallest absolute Gasteiger partial charge is 0.475 e. The average molecular weight is 579 g/mol. The van der Waals surface area contributed by atoms with Crippen molar-refractivity contribution >= 4 is 40.6 Å². The molecule has 1 aliphatic heterocycles. The predicted molar refractivity (Wildman–Crippen MR) is 134 cm³/mol. The Morgan fingerprint density at radius 3 is 2.32 bits per heavy atom. The van der Waals surface area contributed by atoms with Crippen molar-refractivity contribution in [2.75, 3.05) is 27.2 Å². The van der Waals surface area contributed by atoms with Gasteiger partial charge in [-0.3, -0.25) is 14.0 Å². The minimum Gasteiger partial charge on any atom is -0.475 e. The van der Waals surface area contributed by atoms with Gasteiger partial charge in [-0.25, -0.2) is 9.18 Å². The molecule has 206 valence electrons. The molecular weight excluding hydrogens is 555 g/mol. The highest BCUT2D eigenvalue weighted by Crippen LogP contribution is 2.27. The molecule has 8 nitrogen and oxygen atoms in total. The first kappa shape index (κ1) is 29.5. The summed E-state index contributed by atoms with van der Waals surface area (Å²) >= 11 is 12.4. The summed E-state index contributed by atoms with van der Waals surface area (Å²) in [5, 5.41) is 7.63. The van der Waals surface area contributed by atoms with Crippen LogP contribution in [-0.4, -0.2) is 75.6 Å². The van der Waals surface area contributed by atoms with Gasteiger partial charge in [-0.15, -0.1) is 0 Å². The standard InChI is InChI=1S/C22H23Cl2FN4O2.C2HF3O2/c1-27(2)14-5-7-28(8-6-14)22(31)16-10-13(3-4-18(16)25)9-15-12-26-21(30)19-11-17(23)20(24)29(15)19;3-2(4,5)1(6)7/h3-4,10-12,14H,5-9H2,1-2H3,(H,26,30);(H,6,7). The van der Waals surface area contributed by atoms with Crippen LogP contribution in [0.4, 0.5) is 17.6 Å². The number of nitrogens with one attached hydrogen (secondary N) is 1. The van der Waals surface area contributed by atoms with E-state index in [2.05, 4.69) is 9.88 Å². The molecule has 38 heavy (non-hydrogen) atoms. The number of fused-ring (bicyclic) bond motifs is 1. The number of H-pyrrole nitrogens is 1. The van der Waals surface area contributed by atoms with Crippen molar-refractivity contribution < 1.29 is 32.3 Å². The summed E-state index contributed by atoms with van der Waals surface area (Å²) in [5.74, 6) is -3.60. The zero-order valence-corrected chi connectivity index (χ0v) is 21.8. The van der Waals surface area contributed by atoms with Crippen LogP contribution >= 0.6 is 23.2 Å². The number of carboxylic acid groups (broad SMARTS) is 1. The lowest BCUT2D eigenvalue weighted by Crippen LogP contribution is -2.44. The summed E-state index contributed by atoms with van der Waals surface area (Å²) in [5.41, 5.74) is 1.46. The number of halogens is 6. The Hall–Kier alpha value is -3.09. The van der Waals surface area contributed by atoms with E-state index in [9.17, 15) is 27.2 Å². The molecule has 1 aliphatic rings. The highest BCUT2D eigenvalue weighted by Gasteiger charge is 2.38. The molecule has 0 aliphatic carbocycles. The molecule has 4 rings (SSSR count). The number of aromatic amines is 1. The van der Waals surface area contributed by atoms with Gasteiger partial charge >= 0.3 is 12.1 Å². The third kappa shape index (κ3) is 6.66. The average Bonchev–Trinajstić information content (AvgIpc) is 3.16. The van der Waals surface area contributed by atoms with Gasteiger partial charge in [-0.05, 0) is 50.7 Å². The van der Waals surface area contributed by atoms with Gasteiger partial charge in [0.15, 0.2) is 0 Å². The zero-order valence-electron chi connectivity index (χ0n) is 20.3. The molecule has 14 heteroatoms. The van der Waals surface area contributed by atoms with Crippen molar-refractivity contribution in [2.45, 2.75) is 31.5 Å². The number of carbonyl (C=O) groups is 2. The molecule has 3 heterocycles. The number of carboxylic acids is 1. The van der Waals surface area contributed by atoms with E-state index < -0.39 is 18.0 Å². The third-order valence-electron chi connectivity index (χ3n) is 6.16. The molecule has 0 unspecified atom stereocenters. The number of amides is 1. The maximum atomic E-state index is 14.5. The number of piperidine rings is 1. The van der Waals surface area contributed by atoms with E-state index in [4.69, 9.17) is 33.1 Å². The van der Waals surface area contributed by atoms with E-state index in [0.717, 1.165) is 18.4 Å². The number of hydrogen-bond donors (Lipinski definition) is 2. The Morgan fingerprint density at radius 1 is 1.16 bits per heavy atom. The maximum Gasteiger partial charge on any atom is 0.490 e. The molecule has 0 spiro atoms. The molecular formula is C24H24Cl2F4N4O4. The van der Waals surface area contributed by atoms with E-state index in [1.165, 1.54) is 12.1 Å². The topological polar surface area (TPSA) is 98.1 Å². The minimum absolute atomic E-state index is 0.0538. The number of aliphatic carboxylic acids is 1. The molecule has 1 aromatic carbocycles. The first-order chi connectivity index (χ1) is 17.7. The van der Waals surface area contributed by atoms with Crippen LogP contribution in [0, 0.1) is 5.82 Å². The van der Waals surface area contributed by atoms with Crippen molar-refractivity contribution in [3.8, 4) is 0 Å². The lowest BCUT2D eigenvalue weighted by atomic mass is 10.0. The fourth-order valence-electron chi connectivity index (χ4n) is 4.13. The van der Waals surface area contributed by atoms with Crippen LogP contribution < -0.4 is 5.56 Å². The first-order valence-corrected chi connectivity index (χ1v) is 12.1. The van der Waals surface area contributed by atoms with Gasteiger partial charge in [0, 0.05) is 37.4 Å². The first-order valence-electron chi connectivity index (χ1n) is 11.3. The summed E-state index contributed by atoms with van der Waals surface area (Å²) in [6.45, 7) is 1.20. The van der Waals surface area contributed by atoms with Gasteiger partial charge in [0.25, 0.3) is 11.5 Å². The SMILES string of the molecule is CN(C)C1CCN(C(=O)c2cc(Cc3c[nH]c(=O)c4cc(Cl)c(Cl)n34)ccc2F)CC1.O=C(O)C(F)(F)F. The Bertz CT molecular complexity index is 1400. The summed E-state index contributed by atoms with van der Waals surface area (Å²) in [4.78, 5) is 40.5. The Kier molecular flexibility index (Phi) is 9.11. The van der Waals surface area contributed by atoms with Crippen LogP contribution in [0.15, 0.2) is 35.3 Å². The largest absolute Gasteiger partial charge is 0.490 e. The van der Waals surface area contributed by atoms with Crippen molar-refractivity contribution in [3.05, 3.63) is 73.6 Å². The van der Waals surface area contributed by atoms with Gasteiger partial charge < -0.3 is 19.9 Å². The summed E-state index contributed by atoms with van der Waals surface area (Å²) < 4.78 is 47.9. The van der Waals surface area contributed by atoms with E-state index in [1.807, 2.05) is 14.1 Å². The Balaban J connectivity index is 0.000000505. The Morgan fingerprint density at radius 2 is 1.76 bits per heavy atom. The van der Waals surface area contributed by atoms with Gasteiger partial charge in [-0.1, -0.05) is 29.3 Å². The monoisotopic (exact) mass is 578 g/mol. The van der Waals surface area contributed by atoms with Crippen LogP contribution in [0.2, 0.25) is 10.2 Å². The number of rotatable bonds is 4. The van der Waals surface area contributed by atoms with Crippen molar-refractivity contribution in [1.29, 1.82) is 0 Å². The van der Waals surface area contributed by atoms with Crippen LogP contribution in [0.3, 0.4) is 0 Å². The number of alkyl halides is 3. The lowest BCUT2D eigenvalue weighted by molar-refractivity contribution is -0.192. The molecule has 2 aromatic heterocycles. The second-order valence-corrected chi connectivity index (χ2v) is 9.66. The highest BCUT2D eigenvalue weighted by molar-refractivity contribution is 6.42. The normalized spacial score (nSPS) is 14.5. The molecule has 3 aromatic rings. The van der Waals surface area contributed by atoms with Gasteiger partial charge in [0.2, 0.25) is 0 Å². The van der Waals surface area contributed by atoms with E-state index >= 15 is 0 Å². The van der Waals surface area contributed by atoms with Crippen LogP contribution in [-0.2, 0) is 11.2 Å². The molecule has 0 saturated carbocycles. The van der Waals surface area contributed by atoms with E-state index in [1.54, 1.807) is 27.6 Å². The van der Waals surface area contributed by atoms with E-state index in [0.29, 0.717) is 36.8 Å². The van der Waals surface area contributed by atoms with Crippen molar-refractivity contribution in [1.82, 2.24) is 19.2 Å². The number of nitrogens with zero attached hydrogens (tertiary/aromatic N) is 3. The number of hydrogen-bond acceptors (Lipinski definition) is 4. The minimum atomic E-state index is -5.08. The number of carbonyl (C=O) groups excluding carboxylic acids is 1. The van der Waals surface area contributed by atoms with E-state index in [-0.39, 0.29) is 27.2 Å². The number of benzene rings is 1. The molecule has 1 amide bonds. The molecule has 1 saturated heterocycles. The van der Waals surface area contributed by atoms with Crippen molar-refractivity contribution in [2.24, 2.45) is 0 Å². The third-order valence-corrected chi connectivity index (χ3v) is 6.92. The number of likely N-dealkylation sites (tertiary alicyclic amines) is 1. The van der Waals surface area contributed by atoms with Gasteiger partial charge in [0.1, 0.15) is 16.5 Å². The maximum absolute atomic E-state index is 14.5. The lowest BCUT2D eigenvalue weighted by Gasteiger charge is -2.35. The zero-order chi connectivity index (χ0) is 28.4. The van der Waals surface area contributed by atoms with Gasteiger partial charge in [-0.2, -0.15) is 13.2 Å². The molecule has 2 N–H and O–H groups in total. The number of aromatic nitrogens is 2. The fraction of sp³-hybridized carbons (Fsp3) is 0.375. The van der Waals surface area contributed by atoms with Crippen LogP contribution in [0.25, 0.3) is 5.52 Å². The fourth-order valence-corrected chi connectivity index (χ4v) is 4.58. The van der Waals surface area contributed by atoms with Crippen LogP contribution in [0.5, 0.6) is 0 Å². The van der Waals surface area contributed by atoms with Crippen LogP contribution in [0.1, 0.15) is 34.5 Å². The molecule has 0 bridgehead atoms. The highest BCUT2D eigenvalue weighted by atomic mass is 35.5. The molecule has 0 atom stereocenters. The molecule has 0 radical (unpaired) electrons. The summed E-state index contributed by atoms with van der Waals surface area (Å²) in [6.07, 6.45) is -1.47. The second-order valence-electron chi connectivity index (χ2n) is 8.89. The molecule has 1 fully saturated rings. The second kappa shape index (κ2) is 11.7. The predicted octanol–water partition coefficient (Wildman–Crippen LogP) is 4.46. The Labute approximate surface area is 224 Å². The quantitative estimate of drug-likeness (QED) is 0.445.